The van der Waals surface area contributed by atoms with Gasteiger partial charge < -0.3 is 20.7 Å². The van der Waals surface area contributed by atoms with E-state index in [9.17, 15) is 4.79 Å². The minimum Gasteiger partial charge on any atom is -0.450 e. The van der Waals surface area contributed by atoms with Crippen LogP contribution in [0.2, 0.25) is 5.15 Å². The molecule has 1 fully saturated rings. The van der Waals surface area contributed by atoms with Crippen molar-refractivity contribution >= 4 is 47.6 Å². The van der Waals surface area contributed by atoms with Crippen LogP contribution in [0.15, 0.2) is 23.3 Å². The average Bonchev–Trinajstić information content (AvgIpc) is 3.43. The fourth-order valence-corrected chi connectivity index (χ4v) is 2.58. The van der Waals surface area contributed by atoms with Gasteiger partial charge in [0.05, 0.1) is 12.6 Å². The predicted molar refractivity (Wildman–Crippen MR) is 114 cm³/mol. The van der Waals surface area contributed by atoms with E-state index in [-0.39, 0.29) is 36.1 Å². The Morgan fingerprint density at radius 2 is 2.19 bits per heavy atom. The molecule has 3 N–H and O–H groups in total. The molecule has 0 aromatic carbocycles. The van der Waals surface area contributed by atoms with E-state index in [0.717, 1.165) is 31.4 Å². The van der Waals surface area contributed by atoms with Crippen LogP contribution in [-0.4, -0.2) is 49.8 Å². The largest absolute Gasteiger partial charge is 0.450 e. The monoisotopic (exact) mass is 495 g/mol. The number of pyridine rings is 1. The van der Waals surface area contributed by atoms with Gasteiger partial charge in [0.2, 0.25) is 0 Å². The lowest BCUT2D eigenvalue weighted by Crippen LogP contribution is -2.48. The summed E-state index contributed by atoms with van der Waals surface area (Å²) in [6.07, 6.45) is 4.49. The third-order valence-electron chi connectivity index (χ3n) is 3.98. The van der Waals surface area contributed by atoms with Gasteiger partial charge >= 0.3 is 6.09 Å². The number of nitrogens with one attached hydrogen (secondary N) is 3. The molecule has 7 nitrogen and oxygen atoms in total. The highest BCUT2D eigenvalue weighted by molar-refractivity contribution is 14.0. The third kappa shape index (κ3) is 8.39. The number of rotatable bonds is 8. The molecule has 1 amide bonds. The van der Waals surface area contributed by atoms with Gasteiger partial charge in [-0.05, 0) is 43.7 Å². The fraction of sp³-hybridized carbons (Fsp3) is 0.588. The quantitative estimate of drug-likeness (QED) is 0.223. The van der Waals surface area contributed by atoms with Gasteiger partial charge in [0.15, 0.2) is 5.96 Å². The number of aromatic nitrogens is 1. The highest BCUT2D eigenvalue weighted by Crippen LogP contribution is 2.32. The van der Waals surface area contributed by atoms with E-state index < -0.39 is 0 Å². The van der Waals surface area contributed by atoms with Gasteiger partial charge in [-0.2, -0.15) is 0 Å². The first-order valence-corrected chi connectivity index (χ1v) is 8.98. The van der Waals surface area contributed by atoms with Crippen LogP contribution in [0.1, 0.15) is 25.3 Å². The van der Waals surface area contributed by atoms with E-state index in [0.29, 0.717) is 30.2 Å². The number of aliphatic imine (C=N–C) groups is 1. The van der Waals surface area contributed by atoms with E-state index in [1.807, 2.05) is 6.07 Å². The molecule has 1 unspecified atom stereocenters. The number of halogens is 2. The maximum Gasteiger partial charge on any atom is 0.407 e. The van der Waals surface area contributed by atoms with Gasteiger partial charge in [0, 0.05) is 26.3 Å². The van der Waals surface area contributed by atoms with Crippen molar-refractivity contribution in [2.45, 2.75) is 32.2 Å². The standard InChI is InChI=1S/C17H26ClN5O2.HI/c1-3-25-17(24)23-14(13-5-6-13)11-22-16(19-2)20-9-8-12-4-7-15(18)21-10-12;/h4,7,10,13-14H,3,5-6,8-9,11H2,1-2H3,(H,23,24)(H2,19,20,22);1H. The second kappa shape index (κ2) is 12.2. The van der Waals surface area contributed by atoms with Crippen molar-refractivity contribution in [3.8, 4) is 0 Å². The van der Waals surface area contributed by atoms with Crippen LogP contribution in [0.4, 0.5) is 4.79 Å². The lowest BCUT2D eigenvalue weighted by atomic mass is 10.2. The Hall–Kier alpha value is -1.29. The molecule has 1 aromatic heterocycles. The van der Waals surface area contributed by atoms with Crippen LogP contribution in [-0.2, 0) is 11.2 Å². The summed E-state index contributed by atoms with van der Waals surface area (Å²) in [5, 5.41) is 9.94. The second-order valence-corrected chi connectivity index (χ2v) is 6.32. The van der Waals surface area contributed by atoms with Gasteiger partial charge in [0.25, 0.3) is 0 Å². The van der Waals surface area contributed by atoms with E-state index in [1.165, 1.54) is 0 Å². The number of amides is 1. The lowest BCUT2D eigenvalue weighted by Gasteiger charge is -2.20. The summed E-state index contributed by atoms with van der Waals surface area (Å²) in [6, 6.07) is 3.79. The number of hydrogen-bond acceptors (Lipinski definition) is 4. The first-order chi connectivity index (χ1) is 12.1. The molecule has 1 aliphatic rings. The summed E-state index contributed by atoms with van der Waals surface area (Å²) in [5.74, 6) is 1.22. The molecule has 1 heterocycles. The molecular formula is C17H27ClIN5O2. The van der Waals surface area contributed by atoms with Gasteiger partial charge in [-0.1, -0.05) is 17.7 Å². The Morgan fingerprint density at radius 3 is 2.77 bits per heavy atom. The topological polar surface area (TPSA) is 87.6 Å². The zero-order valence-corrected chi connectivity index (χ0v) is 18.2. The molecule has 0 radical (unpaired) electrons. The van der Waals surface area contributed by atoms with Gasteiger partial charge in [-0.3, -0.25) is 4.99 Å². The summed E-state index contributed by atoms with van der Waals surface area (Å²) >= 11 is 5.78. The van der Waals surface area contributed by atoms with Crippen molar-refractivity contribution in [1.29, 1.82) is 0 Å². The Kier molecular flexibility index (Phi) is 10.6. The number of carbonyl (C=O) groups is 1. The van der Waals surface area contributed by atoms with E-state index in [2.05, 4.69) is 25.9 Å². The van der Waals surface area contributed by atoms with Gasteiger partial charge in [-0.25, -0.2) is 9.78 Å². The summed E-state index contributed by atoms with van der Waals surface area (Å²) < 4.78 is 4.97. The minimum absolute atomic E-state index is 0. The minimum atomic E-state index is -0.362. The van der Waals surface area contributed by atoms with Crippen molar-refractivity contribution in [2.24, 2.45) is 10.9 Å². The molecule has 1 aromatic rings. The van der Waals surface area contributed by atoms with Crippen molar-refractivity contribution in [1.82, 2.24) is 20.9 Å². The fourth-order valence-electron chi connectivity index (χ4n) is 2.47. The first kappa shape index (κ1) is 22.8. The Bertz CT molecular complexity index is 581. The third-order valence-corrected chi connectivity index (χ3v) is 4.20. The smallest absolute Gasteiger partial charge is 0.407 e. The Morgan fingerprint density at radius 1 is 1.42 bits per heavy atom. The summed E-state index contributed by atoms with van der Waals surface area (Å²) in [4.78, 5) is 19.9. The normalized spacial score (nSPS) is 14.8. The highest BCUT2D eigenvalue weighted by Gasteiger charge is 2.32. The second-order valence-electron chi connectivity index (χ2n) is 5.93. The molecular weight excluding hydrogens is 469 g/mol. The zero-order chi connectivity index (χ0) is 18.1. The summed E-state index contributed by atoms with van der Waals surface area (Å²) in [7, 11) is 1.73. The van der Waals surface area contributed by atoms with Crippen LogP contribution in [0.5, 0.6) is 0 Å². The van der Waals surface area contributed by atoms with Crippen molar-refractivity contribution in [3.63, 3.8) is 0 Å². The van der Waals surface area contributed by atoms with Crippen molar-refractivity contribution in [3.05, 3.63) is 29.0 Å². The molecule has 0 bridgehead atoms. The predicted octanol–water partition coefficient (Wildman–Crippen LogP) is 2.59. The number of alkyl carbamates (subject to hydrolysis) is 1. The number of hydrogen-bond donors (Lipinski definition) is 3. The summed E-state index contributed by atoms with van der Waals surface area (Å²) in [5.41, 5.74) is 1.10. The molecule has 0 saturated heterocycles. The van der Waals surface area contributed by atoms with Crippen LogP contribution >= 0.6 is 35.6 Å². The van der Waals surface area contributed by atoms with Gasteiger partial charge in [0.1, 0.15) is 5.15 Å². The average molecular weight is 496 g/mol. The van der Waals surface area contributed by atoms with Gasteiger partial charge in [-0.15, -0.1) is 24.0 Å². The molecule has 1 aliphatic carbocycles. The van der Waals surface area contributed by atoms with E-state index in [1.54, 1.807) is 26.2 Å². The van der Waals surface area contributed by atoms with Crippen molar-refractivity contribution < 1.29 is 9.53 Å². The lowest BCUT2D eigenvalue weighted by molar-refractivity contribution is 0.146. The molecule has 9 heteroatoms. The van der Waals surface area contributed by atoms with Crippen LogP contribution in [0.25, 0.3) is 0 Å². The zero-order valence-electron chi connectivity index (χ0n) is 15.1. The SMILES string of the molecule is CCOC(=O)NC(CNC(=NC)NCCc1ccc(Cl)nc1)C1CC1.I. The Balaban J connectivity index is 0.00000338. The number of nitrogens with zero attached hydrogens (tertiary/aromatic N) is 2. The molecule has 1 atom stereocenters. The van der Waals surface area contributed by atoms with Crippen LogP contribution in [0, 0.1) is 5.92 Å². The Labute approximate surface area is 176 Å². The molecule has 26 heavy (non-hydrogen) atoms. The number of carbonyl (C=O) groups excluding carboxylic acids is 1. The maximum atomic E-state index is 11.6. The van der Waals surface area contributed by atoms with Crippen LogP contribution < -0.4 is 16.0 Å². The molecule has 0 spiro atoms. The summed E-state index contributed by atoms with van der Waals surface area (Å²) in [6.45, 7) is 3.51. The first-order valence-electron chi connectivity index (χ1n) is 8.60. The number of guanidine groups is 1. The van der Waals surface area contributed by atoms with Crippen LogP contribution in [0.3, 0.4) is 0 Å². The number of ether oxygens (including phenoxy) is 1. The molecule has 1 saturated carbocycles. The highest BCUT2D eigenvalue weighted by atomic mass is 127. The maximum absolute atomic E-state index is 11.6. The molecule has 0 aliphatic heterocycles. The van der Waals surface area contributed by atoms with E-state index >= 15 is 0 Å². The van der Waals surface area contributed by atoms with E-state index in [4.69, 9.17) is 16.3 Å². The van der Waals surface area contributed by atoms with Crippen molar-refractivity contribution in [2.75, 3.05) is 26.7 Å². The molecule has 146 valence electrons. The molecule has 2 rings (SSSR count).